The number of aryl methyl sites for hydroxylation is 3. The summed E-state index contributed by atoms with van der Waals surface area (Å²) in [6, 6.07) is 13.3. The van der Waals surface area contributed by atoms with Gasteiger partial charge in [-0.25, -0.2) is 4.98 Å². The monoisotopic (exact) mass is 829 g/mol. The first-order chi connectivity index (χ1) is 27.2. The Morgan fingerprint density at radius 3 is 2.12 bits per heavy atom. The third kappa shape index (κ3) is 11.2. The van der Waals surface area contributed by atoms with Crippen LogP contribution in [0.2, 0.25) is 5.02 Å². The van der Waals surface area contributed by atoms with Crippen molar-refractivity contribution >= 4 is 91.1 Å². The van der Waals surface area contributed by atoms with E-state index < -0.39 is 6.04 Å². The van der Waals surface area contributed by atoms with Gasteiger partial charge in [0, 0.05) is 51.8 Å². The second-order valence-corrected chi connectivity index (χ2v) is 16.6. The molecule has 1 aliphatic heterocycles. The fraction of sp³-hybridized carbons (Fsp3) is 0.366. The minimum atomic E-state index is -0.846. The number of nitrogens with zero attached hydrogens (tertiary/aromatic N) is 3. The van der Waals surface area contributed by atoms with Crippen LogP contribution in [0.1, 0.15) is 94.4 Å². The van der Waals surface area contributed by atoms with Gasteiger partial charge < -0.3 is 16.0 Å². The maximum absolute atomic E-state index is 13.1. The first-order valence-electron chi connectivity index (χ1n) is 18.8. The molecule has 0 spiro atoms. The van der Waals surface area contributed by atoms with Crippen LogP contribution in [0.4, 0.5) is 15.8 Å². The number of thiophene rings is 1. The van der Waals surface area contributed by atoms with Crippen LogP contribution in [-0.2, 0) is 14.4 Å². The number of aromatic nitrogens is 1. The van der Waals surface area contributed by atoms with Crippen LogP contribution in [0.3, 0.4) is 0 Å². The molecule has 4 amide bonds. The summed E-state index contributed by atoms with van der Waals surface area (Å²) >= 11 is 9.07. The number of aliphatic imine (C=N–C) groups is 1. The summed E-state index contributed by atoms with van der Waals surface area (Å²) < 4.78 is 0. The lowest BCUT2D eigenvalue weighted by Crippen LogP contribution is -2.42. The molecule has 0 radical (unpaired) electrons. The number of hydrogen-bond acceptors (Lipinski definition) is 10. The van der Waals surface area contributed by atoms with Crippen LogP contribution in [0, 0.1) is 38.5 Å². The minimum absolute atomic E-state index is 0.0425. The quantitative estimate of drug-likeness (QED) is 0.0377. The number of amidine groups is 2. The number of para-hydroxylation sites is 1. The van der Waals surface area contributed by atoms with Gasteiger partial charge in [-0.1, -0.05) is 48.7 Å². The van der Waals surface area contributed by atoms with Crippen molar-refractivity contribution in [2.75, 3.05) is 28.6 Å². The molecule has 0 aliphatic carbocycles. The first-order valence-corrected chi connectivity index (χ1v) is 20.8. The Hall–Kier alpha value is -5.25. The SMILES string of the molecule is CC(=N)N1C(=N)[C@H](CC(=O)NCCNC(=O)CCCCCCC(=O)Nc2ccccc2C(=O)Nc2nc(C)c(C)s2)N=C(c2ccc(Cl)cc2)c2c1sc(C)c2C. The van der Waals surface area contributed by atoms with E-state index in [2.05, 4.69) is 26.3 Å². The lowest BCUT2D eigenvalue weighted by molar-refractivity contribution is -0.123. The number of thiazole rings is 1. The smallest absolute Gasteiger partial charge is 0.259 e. The first kappa shape index (κ1) is 42.9. The Balaban J connectivity index is 1.02. The van der Waals surface area contributed by atoms with E-state index in [4.69, 9.17) is 27.4 Å². The number of hydrogen-bond donors (Lipinski definition) is 6. The second kappa shape index (κ2) is 19.7. The number of carbonyl (C=O) groups excluding carboxylic acids is 4. The number of nitrogens with one attached hydrogen (secondary N) is 6. The molecule has 4 aromatic rings. The average molecular weight is 830 g/mol. The van der Waals surface area contributed by atoms with Crippen molar-refractivity contribution in [2.45, 2.75) is 85.6 Å². The summed E-state index contributed by atoms with van der Waals surface area (Å²) in [4.78, 5) is 64.1. The van der Waals surface area contributed by atoms with Crippen LogP contribution >= 0.6 is 34.3 Å². The molecule has 0 fully saturated rings. The number of anilines is 3. The lowest BCUT2D eigenvalue weighted by Gasteiger charge is -2.24. The third-order valence-corrected chi connectivity index (χ3v) is 11.9. The average Bonchev–Trinajstić information content (AvgIpc) is 3.59. The topological polar surface area (TPSA) is 193 Å². The predicted molar refractivity (Wildman–Crippen MR) is 231 cm³/mol. The highest BCUT2D eigenvalue weighted by Gasteiger charge is 2.34. The lowest BCUT2D eigenvalue weighted by atomic mass is 9.99. The maximum atomic E-state index is 13.1. The zero-order chi connectivity index (χ0) is 41.2. The van der Waals surface area contributed by atoms with E-state index in [0.717, 1.165) is 50.0 Å². The number of rotatable bonds is 16. The molecule has 0 saturated carbocycles. The molecule has 1 aliphatic rings. The Morgan fingerprint density at radius 2 is 1.47 bits per heavy atom. The van der Waals surface area contributed by atoms with Crippen LogP contribution in [0.25, 0.3) is 0 Å². The number of halogens is 1. The van der Waals surface area contributed by atoms with E-state index in [0.29, 0.717) is 46.4 Å². The zero-order valence-electron chi connectivity index (χ0n) is 32.7. The van der Waals surface area contributed by atoms with Crippen molar-refractivity contribution in [2.24, 2.45) is 4.99 Å². The number of unbranched alkanes of at least 4 members (excludes halogenated alkanes) is 3. The highest BCUT2D eigenvalue weighted by Crippen LogP contribution is 2.40. The van der Waals surface area contributed by atoms with E-state index in [1.165, 1.54) is 22.7 Å². The van der Waals surface area contributed by atoms with E-state index in [-0.39, 0.29) is 61.2 Å². The minimum Gasteiger partial charge on any atom is -0.354 e. The molecular formula is C41H48ClN9O4S2. The number of amides is 4. The van der Waals surface area contributed by atoms with Gasteiger partial charge in [-0.3, -0.25) is 45.2 Å². The van der Waals surface area contributed by atoms with E-state index in [9.17, 15) is 19.2 Å². The highest BCUT2D eigenvalue weighted by atomic mass is 35.5. The number of benzene rings is 2. The highest BCUT2D eigenvalue weighted by molar-refractivity contribution is 7.17. The van der Waals surface area contributed by atoms with Crippen molar-refractivity contribution in [3.63, 3.8) is 0 Å². The normalized spacial score (nSPS) is 13.6. The number of carbonyl (C=O) groups is 4. The van der Waals surface area contributed by atoms with Crippen LogP contribution in [-0.4, -0.2) is 65.1 Å². The van der Waals surface area contributed by atoms with Crippen molar-refractivity contribution in [3.8, 4) is 0 Å². The van der Waals surface area contributed by atoms with Crippen LogP contribution in [0.15, 0.2) is 53.5 Å². The molecule has 0 bridgehead atoms. The van der Waals surface area contributed by atoms with Gasteiger partial charge in [0.2, 0.25) is 17.7 Å². The summed E-state index contributed by atoms with van der Waals surface area (Å²) in [5, 5.41) is 30.7. The molecule has 1 atom stereocenters. The zero-order valence-corrected chi connectivity index (χ0v) is 35.1. The second-order valence-electron chi connectivity index (χ2n) is 13.8. The van der Waals surface area contributed by atoms with Gasteiger partial charge in [0.1, 0.15) is 22.7 Å². The molecule has 0 unspecified atom stereocenters. The standard InChI is InChI=1S/C41H48ClN9O4S2/c1-23-25(3)56-40-36(23)37(28-16-18-29(42)19-17-28)49-32(38(44)51(40)27(5)43)22-35(54)46-21-20-45-33(52)14-8-6-7-9-15-34(53)48-31-13-11-10-12-30(31)39(55)50-41-47-24(2)26(4)57-41/h10-13,16-19,32,43-44H,6-9,14-15,20-22H2,1-5H3,(H,45,52)(H,46,54)(H,48,53)(H,47,50,55)/t32-/m0/s1. The molecule has 57 heavy (non-hydrogen) atoms. The fourth-order valence-electron chi connectivity index (χ4n) is 6.25. The molecule has 13 nitrogen and oxygen atoms in total. The van der Waals surface area contributed by atoms with Gasteiger partial charge in [-0.15, -0.1) is 22.7 Å². The Kier molecular flexibility index (Phi) is 14.9. The number of fused-ring (bicyclic) bond motifs is 1. The van der Waals surface area contributed by atoms with Crippen molar-refractivity contribution in [3.05, 3.63) is 91.3 Å². The molecule has 6 N–H and O–H groups in total. The molecular weight excluding hydrogens is 782 g/mol. The van der Waals surface area contributed by atoms with Gasteiger partial charge in [-0.2, -0.15) is 0 Å². The predicted octanol–water partition coefficient (Wildman–Crippen LogP) is 7.95. The van der Waals surface area contributed by atoms with E-state index >= 15 is 0 Å². The van der Waals surface area contributed by atoms with Crippen LogP contribution < -0.4 is 26.2 Å². The molecule has 16 heteroatoms. The van der Waals surface area contributed by atoms with Gasteiger partial charge in [0.05, 0.1) is 29.1 Å². The van der Waals surface area contributed by atoms with Crippen molar-refractivity contribution in [1.29, 1.82) is 10.8 Å². The Bertz CT molecular complexity index is 2180. The van der Waals surface area contributed by atoms with Gasteiger partial charge in [0.15, 0.2) is 5.13 Å². The summed E-state index contributed by atoms with van der Waals surface area (Å²) in [6.45, 7) is 9.90. The molecule has 0 saturated heterocycles. The molecule has 300 valence electrons. The molecule has 5 rings (SSSR count). The molecule has 3 heterocycles. The molecule has 2 aromatic heterocycles. The Morgan fingerprint density at radius 1 is 0.825 bits per heavy atom. The van der Waals surface area contributed by atoms with Gasteiger partial charge in [0.25, 0.3) is 5.91 Å². The van der Waals surface area contributed by atoms with Gasteiger partial charge in [-0.05, 0) is 77.3 Å². The van der Waals surface area contributed by atoms with Crippen LogP contribution in [0.5, 0.6) is 0 Å². The summed E-state index contributed by atoms with van der Waals surface area (Å²) in [7, 11) is 0. The van der Waals surface area contributed by atoms with Crippen molar-refractivity contribution in [1.82, 2.24) is 15.6 Å². The summed E-state index contributed by atoms with van der Waals surface area (Å²) in [5.74, 6) is -0.784. The summed E-state index contributed by atoms with van der Waals surface area (Å²) in [5.41, 5.74) is 4.94. The van der Waals surface area contributed by atoms with Crippen molar-refractivity contribution < 1.29 is 19.2 Å². The summed E-state index contributed by atoms with van der Waals surface area (Å²) in [6.07, 6.45) is 3.34. The largest absolute Gasteiger partial charge is 0.354 e. The fourth-order valence-corrected chi connectivity index (χ4v) is 8.40. The van der Waals surface area contributed by atoms with E-state index in [1.807, 2.05) is 39.8 Å². The van der Waals surface area contributed by atoms with Gasteiger partial charge >= 0.3 is 0 Å². The third-order valence-electron chi connectivity index (χ3n) is 9.50. The maximum Gasteiger partial charge on any atom is 0.259 e. The van der Waals surface area contributed by atoms with E-state index in [1.54, 1.807) is 48.2 Å². The molecule has 2 aromatic carbocycles. The Labute approximate surface area is 345 Å².